The standard InChI is InChI=1S/C17H21NO/c1-14(18(2)3)16-10-7-11-17(12-16)19-13-15-8-5-4-6-9-15/h4-12,14H,13H2,1-3H3/t14-/m1/s1. The lowest BCUT2D eigenvalue weighted by atomic mass is 10.1. The smallest absolute Gasteiger partial charge is 0.120 e. The van der Waals surface area contributed by atoms with E-state index in [1.165, 1.54) is 11.1 Å². The first-order valence-corrected chi connectivity index (χ1v) is 6.60. The Labute approximate surface area is 115 Å². The number of benzene rings is 2. The summed E-state index contributed by atoms with van der Waals surface area (Å²) < 4.78 is 5.84. The summed E-state index contributed by atoms with van der Waals surface area (Å²) >= 11 is 0. The maximum atomic E-state index is 5.84. The zero-order valence-electron chi connectivity index (χ0n) is 11.8. The molecule has 0 aliphatic rings. The maximum absolute atomic E-state index is 5.84. The normalized spacial score (nSPS) is 12.4. The van der Waals surface area contributed by atoms with Gasteiger partial charge in [0.05, 0.1) is 0 Å². The van der Waals surface area contributed by atoms with Crippen molar-refractivity contribution < 1.29 is 4.74 Å². The van der Waals surface area contributed by atoms with Gasteiger partial charge in [-0.1, -0.05) is 42.5 Å². The van der Waals surface area contributed by atoms with Crippen LogP contribution in [0.5, 0.6) is 5.75 Å². The Bertz CT molecular complexity index is 508. The van der Waals surface area contributed by atoms with Gasteiger partial charge in [-0.15, -0.1) is 0 Å². The van der Waals surface area contributed by atoms with E-state index in [1.54, 1.807) is 0 Å². The Morgan fingerprint density at radius 1 is 1.00 bits per heavy atom. The molecule has 2 nitrogen and oxygen atoms in total. The molecule has 0 unspecified atom stereocenters. The van der Waals surface area contributed by atoms with E-state index in [2.05, 4.69) is 56.3 Å². The van der Waals surface area contributed by atoms with E-state index in [4.69, 9.17) is 4.74 Å². The van der Waals surface area contributed by atoms with Crippen LogP contribution in [0, 0.1) is 0 Å². The number of rotatable bonds is 5. The summed E-state index contributed by atoms with van der Waals surface area (Å²) in [5.41, 5.74) is 2.46. The Hall–Kier alpha value is -1.80. The Balaban J connectivity index is 2.03. The van der Waals surface area contributed by atoms with Crippen molar-refractivity contribution in [1.29, 1.82) is 0 Å². The molecule has 0 N–H and O–H groups in total. The van der Waals surface area contributed by atoms with Gasteiger partial charge in [0.15, 0.2) is 0 Å². The van der Waals surface area contributed by atoms with Gasteiger partial charge in [-0.2, -0.15) is 0 Å². The van der Waals surface area contributed by atoms with Crippen molar-refractivity contribution in [3.05, 3.63) is 65.7 Å². The van der Waals surface area contributed by atoms with E-state index < -0.39 is 0 Å². The molecule has 2 rings (SSSR count). The molecule has 0 saturated heterocycles. The van der Waals surface area contributed by atoms with Crippen LogP contribution < -0.4 is 4.74 Å². The molecule has 0 fully saturated rings. The van der Waals surface area contributed by atoms with E-state index >= 15 is 0 Å². The zero-order valence-corrected chi connectivity index (χ0v) is 11.8. The molecule has 0 saturated carbocycles. The van der Waals surface area contributed by atoms with Gasteiger partial charge >= 0.3 is 0 Å². The van der Waals surface area contributed by atoms with Crippen molar-refractivity contribution in [2.75, 3.05) is 14.1 Å². The minimum absolute atomic E-state index is 0.389. The maximum Gasteiger partial charge on any atom is 0.120 e. The molecular weight excluding hydrogens is 234 g/mol. The van der Waals surface area contributed by atoms with E-state index in [1.807, 2.05) is 24.3 Å². The molecule has 0 amide bonds. The number of hydrogen-bond acceptors (Lipinski definition) is 2. The fraction of sp³-hybridized carbons (Fsp3) is 0.294. The molecule has 0 bridgehead atoms. The third-order valence-electron chi connectivity index (χ3n) is 3.36. The van der Waals surface area contributed by atoms with E-state index in [-0.39, 0.29) is 0 Å². The molecule has 2 aromatic carbocycles. The summed E-state index contributed by atoms with van der Waals surface area (Å²) in [5, 5.41) is 0. The van der Waals surface area contributed by atoms with Gasteiger partial charge in [0.1, 0.15) is 12.4 Å². The van der Waals surface area contributed by atoms with Crippen molar-refractivity contribution in [2.24, 2.45) is 0 Å². The summed E-state index contributed by atoms with van der Waals surface area (Å²) in [6.45, 7) is 2.80. The van der Waals surface area contributed by atoms with Crippen LogP contribution in [0.25, 0.3) is 0 Å². The molecule has 19 heavy (non-hydrogen) atoms. The van der Waals surface area contributed by atoms with Crippen molar-refractivity contribution in [2.45, 2.75) is 19.6 Å². The van der Waals surface area contributed by atoms with Gasteiger partial charge < -0.3 is 9.64 Å². The average molecular weight is 255 g/mol. The molecule has 0 heterocycles. The average Bonchev–Trinajstić information content (AvgIpc) is 2.45. The van der Waals surface area contributed by atoms with Gasteiger partial charge in [0, 0.05) is 6.04 Å². The lowest BCUT2D eigenvalue weighted by molar-refractivity contribution is 0.300. The SMILES string of the molecule is C[C@H](c1cccc(OCc2ccccc2)c1)N(C)C. The molecule has 0 radical (unpaired) electrons. The monoisotopic (exact) mass is 255 g/mol. The quantitative estimate of drug-likeness (QED) is 0.803. The number of ether oxygens (including phenoxy) is 1. The van der Waals surface area contributed by atoms with Crippen LogP contribution in [0.1, 0.15) is 24.1 Å². The fourth-order valence-corrected chi connectivity index (χ4v) is 1.90. The molecule has 1 atom stereocenters. The first kappa shape index (κ1) is 13.6. The molecular formula is C17H21NO. The summed E-state index contributed by atoms with van der Waals surface area (Å²) in [6, 6.07) is 18.9. The van der Waals surface area contributed by atoms with Crippen molar-refractivity contribution in [3.8, 4) is 5.75 Å². The zero-order chi connectivity index (χ0) is 13.7. The first-order chi connectivity index (χ1) is 9.16. The van der Waals surface area contributed by atoms with Gasteiger partial charge in [0.25, 0.3) is 0 Å². The van der Waals surface area contributed by atoms with Gasteiger partial charge in [-0.3, -0.25) is 0 Å². The van der Waals surface area contributed by atoms with Crippen LogP contribution in [-0.4, -0.2) is 19.0 Å². The van der Waals surface area contributed by atoms with Crippen molar-refractivity contribution >= 4 is 0 Å². The minimum Gasteiger partial charge on any atom is -0.489 e. The van der Waals surface area contributed by atoms with Crippen LogP contribution in [0.2, 0.25) is 0 Å². The molecule has 0 spiro atoms. The van der Waals surface area contributed by atoms with Gasteiger partial charge in [-0.25, -0.2) is 0 Å². The second-order valence-corrected chi connectivity index (χ2v) is 4.99. The second kappa shape index (κ2) is 6.39. The van der Waals surface area contributed by atoms with E-state index in [0.29, 0.717) is 12.6 Å². The van der Waals surface area contributed by atoms with Crippen LogP contribution in [0.4, 0.5) is 0 Å². The fourth-order valence-electron chi connectivity index (χ4n) is 1.90. The lowest BCUT2D eigenvalue weighted by Gasteiger charge is -2.20. The van der Waals surface area contributed by atoms with E-state index in [9.17, 15) is 0 Å². The molecule has 2 aromatic rings. The van der Waals surface area contributed by atoms with Crippen LogP contribution >= 0.6 is 0 Å². The Morgan fingerprint density at radius 3 is 2.42 bits per heavy atom. The molecule has 0 aliphatic heterocycles. The lowest BCUT2D eigenvalue weighted by Crippen LogP contribution is -2.16. The minimum atomic E-state index is 0.389. The van der Waals surface area contributed by atoms with E-state index in [0.717, 1.165) is 5.75 Å². The highest BCUT2D eigenvalue weighted by Crippen LogP contribution is 2.22. The Morgan fingerprint density at radius 2 is 1.74 bits per heavy atom. The topological polar surface area (TPSA) is 12.5 Å². The summed E-state index contributed by atoms with van der Waals surface area (Å²) in [5.74, 6) is 0.926. The summed E-state index contributed by atoms with van der Waals surface area (Å²) in [4.78, 5) is 2.19. The molecule has 0 aromatic heterocycles. The van der Waals surface area contributed by atoms with Gasteiger partial charge in [-0.05, 0) is 44.3 Å². The Kier molecular flexibility index (Phi) is 4.58. The van der Waals surface area contributed by atoms with Crippen molar-refractivity contribution in [1.82, 2.24) is 4.90 Å². The van der Waals surface area contributed by atoms with Crippen LogP contribution in [0.15, 0.2) is 54.6 Å². The highest BCUT2D eigenvalue weighted by Gasteiger charge is 2.08. The number of nitrogens with zero attached hydrogens (tertiary/aromatic N) is 1. The van der Waals surface area contributed by atoms with Gasteiger partial charge in [0.2, 0.25) is 0 Å². The largest absolute Gasteiger partial charge is 0.489 e. The summed E-state index contributed by atoms with van der Waals surface area (Å²) in [6.07, 6.45) is 0. The second-order valence-electron chi connectivity index (χ2n) is 4.99. The molecule has 100 valence electrons. The van der Waals surface area contributed by atoms with Crippen LogP contribution in [-0.2, 0) is 6.61 Å². The molecule has 2 heteroatoms. The highest BCUT2D eigenvalue weighted by atomic mass is 16.5. The first-order valence-electron chi connectivity index (χ1n) is 6.60. The predicted molar refractivity (Wildman–Crippen MR) is 79.3 cm³/mol. The predicted octanol–water partition coefficient (Wildman–Crippen LogP) is 3.89. The third-order valence-corrected chi connectivity index (χ3v) is 3.36. The van der Waals surface area contributed by atoms with Crippen LogP contribution in [0.3, 0.4) is 0 Å². The molecule has 0 aliphatic carbocycles. The van der Waals surface area contributed by atoms with Crippen molar-refractivity contribution in [3.63, 3.8) is 0 Å². The number of hydrogen-bond donors (Lipinski definition) is 0. The summed E-state index contributed by atoms with van der Waals surface area (Å²) in [7, 11) is 4.17. The highest BCUT2D eigenvalue weighted by molar-refractivity contribution is 5.30. The third kappa shape index (κ3) is 3.83.